The van der Waals surface area contributed by atoms with E-state index in [0.29, 0.717) is 22.6 Å². The predicted molar refractivity (Wildman–Crippen MR) is 107 cm³/mol. The molecule has 0 aliphatic rings. The average Bonchev–Trinajstić information content (AvgIpc) is 2.74. The molecule has 1 N–H and O–H groups in total. The van der Waals surface area contributed by atoms with Crippen molar-refractivity contribution in [2.75, 3.05) is 5.32 Å². The van der Waals surface area contributed by atoms with Gasteiger partial charge in [0.1, 0.15) is 18.2 Å². The van der Waals surface area contributed by atoms with Crippen LogP contribution in [-0.2, 0) is 16.1 Å². The van der Waals surface area contributed by atoms with Gasteiger partial charge in [0.15, 0.2) is 6.10 Å². The minimum atomic E-state index is -1.03. The summed E-state index contributed by atoms with van der Waals surface area (Å²) in [6.07, 6.45) is -1.03. The highest BCUT2D eigenvalue weighted by atomic mass is 19.1. The van der Waals surface area contributed by atoms with E-state index in [-0.39, 0.29) is 6.61 Å². The van der Waals surface area contributed by atoms with Crippen molar-refractivity contribution >= 4 is 17.6 Å². The van der Waals surface area contributed by atoms with Crippen molar-refractivity contribution < 1.29 is 23.5 Å². The molecule has 148 valence electrons. The zero-order valence-corrected chi connectivity index (χ0v) is 15.8. The number of carbonyl (C=O) groups excluding carboxylic acids is 2. The fourth-order valence-electron chi connectivity index (χ4n) is 2.58. The molecule has 0 spiro atoms. The summed E-state index contributed by atoms with van der Waals surface area (Å²) in [5.74, 6) is -0.860. The Hall–Kier alpha value is -3.67. The van der Waals surface area contributed by atoms with Gasteiger partial charge >= 0.3 is 5.97 Å². The van der Waals surface area contributed by atoms with E-state index in [1.54, 1.807) is 24.3 Å². The highest BCUT2D eigenvalue weighted by molar-refractivity contribution is 5.97. The van der Waals surface area contributed by atoms with Crippen molar-refractivity contribution in [2.24, 2.45) is 0 Å². The van der Waals surface area contributed by atoms with E-state index in [1.165, 1.54) is 31.2 Å². The second-order valence-electron chi connectivity index (χ2n) is 6.30. The molecule has 0 fully saturated rings. The largest absolute Gasteiger partial charge is 0.489 e. The van der Waals surface area contributed by atoms with Crippen LogP contribution in [0.4, 0.5) is 10.1 Å². The van der Waals surface area contributed by atoms with E-state index in [9.17, 15) is 14.0 Å². The maximum absolute atomic E-state index is 13.0. The molecule has 6 heteroatoms. The van der Waals surface area contributed by atoms with Crippen LogP contribution in [0.2, 0.25) is 0 Å². The van der Waals surface area contributed by atoms with Gasteiger partial charge in [0.25, 0.3) is 5.91 Å². The van der Waals surface area contributed by atoms with Crippen molar-refractivity contribution in [1.29, 1.82) is 0 Å². The summed E-state index contributed by atoms with van der Waals surface area (Å²) in [6.45, 7) is 1.66. The monoisotopic (exact) mass is 393 g/mol. The lowest BCUT2D eigenvalue weighted by Gasteiger charge is -2.15. The first-order valence-corrected chi connectivity index (χ1v) is 9.06. The predicted octanol–water partition coefficient (Wildman–Crippen LogP) is 4.59. The van der Waals surface area contributed by atoms with Gasteiger partial charge in [-0.1, -0.05) is 36.4 Å². The second-order valence-corrected chi connectivity index (χ2v) is 6.30. The van der Waals surface area contributed by atoms with E-state index in [4.69, 9.17) is 9.47 Å². The van der Waals surface area contributed by atoms with Crippen LogP contribution in [0.15, 0.2) is 78.9 Å². The lowest BCUT2D eigenvalue weighted by atomic mass is 10.1. The van der Waals surface area contributed by atoms with Crippen LogP contribution >= 0.6 is 0 Å². The van der Waals surface area contributed by atoms with Gasteiger partial charge in [0, 0.05) is 11.3 Å². The van der Waals surface area contributed by atoms with Gasteiger partial charge in [0.2, 0.25) is 0 Å². The van der Waals surface area contributed by atoms with Crippen LogP contribution in [0, 0.1) is 5.82 Å². The van der Waals surface area contributed by atoms with Crippen LogP contribution in [-0.4, -0.2) is 18.0 Å². The maximum Gasteiger partial charge on any atom is 0.339 e. The SMILES string of the molecule is C[C@@H](OC(=O)c1ccccc1COc1ccccc1)C(=O)Nc1ccc(F)cc1. The van der Waals surface area contributed by atoms with Gasteiger partial charge < -0.3 is 14.8 Å². The summed E-state index contributed by atoms with van der Waals surface area (Å²) in [7, 11) is 0. The van der Waals surface area contributed by atoms with Gasteiger partial charge in [0.05, 0.1) is 5.56 Å². The number of hydrogen-bond acceptors (Lipinski definition) is 4. The van der Waals surface area contributed by atoms with Gasteiger partial charge in [-0.2, -0.15) is 0 Å². The molecular weight excluding hydrogens is 373 g/mol. The number of rotatable bonds is 7. The Morgan fingerprint density at radius 2 is 1.59 bits per heavy atom. The standard InChI is InChI=1S/C23H20FNO4/c1-16(22(26)25-19-13-11-18(24)12-14-19)29-23(27)21-10-6-5-7-17(21)15-28-20-8-3-2-4-9-20/h2-14,16H,15H2,1H3,(H,25,26)/t16-/m1/s1. The Morgan fingerprint density at radius 3 is 2.31 bits per heavy atom. The molecule has 0 heterocycles. The summed E-state index contributed by atoms with van der Waals surface area (Å²) in [5.41, 5.74) is 1.38. The van der Waals surface area contributed by atoms with Crippen molar-refractivity contribution in [2.45, 2.75) is 19.6 Å². The second kappa shape index (κ2) is 9.50. The summed E-state index contributed by atoms with van der Waals surface area (Å²) >= 11 is 0. The molecule has 0 unspecified atom stereocenters. The number of hydrogen-bond donors (Lipinski definition) is 1. The average molecular weight is 393 g/mol. The quantitative estimate of drug-likeness (QED) is 0.597. The fraction of sp³-hybridized carbons (Fsp3) is 0.130. The Bertz CT molecular complexity index is 974. The smallest absolute Gasteiger partial charge is 0.339 e. The van der Waals surface area contributed by atoms with Gasteiger partial charge in [-0.25, -0.2) is 9.18 Å². The summed E-state index contributed by atoms with van der Waals surface area (Å²) in [6, 6.07) is 21.5. The molecule has 0 radical (unpaired) electrons. The van der Waals surface area contributed by atoms with Crippen molar-refractivity contribution in [3.05, 3.63) is 95.8 Å². The van der Waals surface area contributed by atoms with Crippen LogP contribution in [0.1, 0.15) is 22.8 Å². The number of ether oxygens (including phenoxy) is 2. The zero-order chi connectivity index (χ0) is 20.6. The lowest BCUT2D eigenvalue weighted by Crippen LogP contribution is -2.30. The molecule has 0 saturated heterocycles. The third-order valence-electron chi connectivity index (χ3n) is 4.14. The van der Waals surface area contributed by atoms with Crippen LogP contribution < -0.4 is 10.1 Å². The van der Waals surface area contributed by atoms with Crippen molar-refractivity contribution in [3.8, 4) is 5.75 Å². The molecule has 0 aliphatic heterocycles. The summed E-state index contributed by atoms with van der Waals surface area (Å²) in [4.78, 5) is 24.8. The Kier molecular flexibility index (Phi) is 6.58. The third-order valence-corrected chi connectivity index (χ3v) is 4.14. The first-order chi connectivity index (χ1) is 14.0. The van der Waals surface area contributed by atoms with Crippen LogP contribution in [0.25, 0.3) is 0 Å². The number of benzene rings is 3. The van der Waals surface area contributed by atoms with Crippen molar-refractivity contribution in [1.82, 2.24) is 0 Å². The molecule has 3 rings (SSSR count). The van der Waals surface area contributed by atoms with Crippen LogP contribution in [0.5, 0.6) is 5.75 Å². The lowest BCUT2D eigenvalue weighted by molar-refractivity contribution is -0.123. The van der Waals surface area contributed by atoms with Crippen molar-refractivity contribution in [3.63, 3.8) is 0 Å². The van der Waals surface area contributed by atoms with Gasteiger partial charge in [-0.3, -0.25) is 4.79 Å². The normalized spacial score (nSPS) is 11.4. The van der Waals surface area contributed by atoms with E-state index < -0.39 is 23.8 Å². The third kappa shape index (κ3) is 5.65. The molecular formula is C23H20FNO4. The molecule has 1 amide bonds. The minimum Gasteiger partial charge on any atom is -0.489 e. The molecule has 0 aromatic heterocycles. The summed E-state index contributed by atoms with van der Waals surface area (Å²) in [5, 5.41) is 2.58. The van der Waals surface area contributed by atoms with Crippen LogP contribution in [0.3, 0.4) is 0 Å². The molecule has 0 saturated carbocycles. The number of carbonyl (C=O) groups is 2. The van der Waals surface area contributed by atoms with E-state index in [2.05, 4.69) is 5.32 Å². The highest BCUT2D eigenvalue weighted by Gasteiger charge is 2.21. The molecule has 5 nitrogen and oxygen atoms in total. The Balaban J connectivity index is 1.62. The summed E-state index contributed by atoms with van der Waals surface area (Å²) < 4.78 is 24.0. The minimum absolute atomic E-state index is 0.186. The zero-order valence-electron chi connectivity index (χ0n) is 15.8. The number of esters is 1. The highest BCUT2D eigenvalue weighted by Crippen LogP contribution is 2.17. The maximum atomic E-state index is 13.0. The van der Waals surface area contributed by atoms with E-state index in [0.717, 1.165) is 0 Å². The fourth-order valence-corrected chi connectivity index (χ4v) is 2.58. The van der Waals surface area contributed by atoms with E-state index in [1.807, 2.05) is 30.3 Å². The number of para-hydroxylation sites is 1. The molecule has 0 bridgehead atoms. The van der Waals surface area contributed by atoms with E-state index >= 15 is 0 Å². The molecule has 1 atom stereocenters. The number of halogens is 1. The number of anilines is 1. The van der Waals surface area contributed by atoms with Gasteiger partial charge in [-0.05, 0) is 49.4 Å². The topological polar surface area (TPSA) is 64.6 Å². The Morgan fingerprint density at radius 1 is 0.931 bits per heavy atom. The molecule has 0 aliphatic carbocycles. The molecule has 29 heavy (non-hydrogen) atoms. The number of nitrogens with one attached hydrogen (secondary N) is 1. The van der Waals surface area contributed by atoms with Gasteiger partial charge in [-0.15, -0.1) is 0 Å². The first-order valence-electron chi connectivity index (χ1n) is 9.06. The number of amides is 1. The Labute approximate surface area is 168 Å². The molecule has 3 aromatic carbocycles. The molecule has 3 aromatic rings. The first kappa shape index (κ1) is 20.1.